The third-order valence-electron chi connectivity index (χ3n) is 7.65. The molecule has 1 aromatic carbocycles. The highest BCUT2D eigenvalue weighted by Crippen LogP contribution is 2.36. The van der Waals surface area contributed by atoms with E-state index in [4.69, 9.17) is 10.1 Å². The lowest BCUT2D eigenvalue weighted by molar-refractivity contribution is -0.141. The zero-order valence-electron chi connectivity index (χ0n) is 24.6. The molecule has 0 bridgehead atoms. The van der Waals surface area contributed by atoms with E-state index in [-0.39, 0.29) is 47.6 Å². The first-order chi connectivity index (χ1) is 21.4. The molecule has 16 heteroatoms. The topological polar surface area (TPSA) is 167 Å². The van der Waals surface area contributed by atoms with Crippen molar-refractivity contribution >= 4 is 30.3 Å². The predicted molar refractivity (Wildman–Crippen MR) is 155 cm³/mol. The minimum Gasteiger partial charge on any atom is -0.349 e. The van der Waals surface area contributed by atoms with Gasteiger partial charge in [0.25, 0.3) is 11.8 Å². The number of aryl methyl sites for hydroxylation is 1. The minimum absolute atomic E-state index is 0.00120. The van der Waals surface area contributed by atoms with Gasteiger partial charge < -0.3 is 30.2 Å². The van der Waals surface area contributed by atoms with Gasteiger partial charge in [0.1, 0.15) is 13.3 Å². The Bertz CT molecular complexity index is 1610. The second-order valence-electron chi connectivity index (χ2n) is 10.7. The Balaban J connectivity index is 0.00000226. The number of likely N-dealkylation sites (tertiary alicyclic amines) is 1. The molecule has 0 unspecified atom stereocenters. The number of carbonyl (C=O) groups excluding carboxylic acids is 4. The van der Waals surface area contributed by atoms with Gasteiger partial charge in [-0.1, -0.05) is 0 Å². The molecule has 13 nitrogen and oxygen atoms in total. The van der Waals surface area contributed by atoms with Gasteiger partial charge in [-0.2, -0.15) is 23.5 Å². The Hall–Kier alpha value is -5.20. The Morgan fingerprint density at radius 3 is 2.38 bits per heavy atom. The van der Waals surface area contributed by atoms with Crippen LogP contribution in [-0.2, 0) is 24.6 Å². The summed E-state index contributed by atoms with van der Waals surface area (Å²) in [4.78, 5) is 51.9. The maximum Gasteiger partial charge on any atom is 0.435 e. The van der Waals surface area contributed by atoms with Crippen LogP contribution in [0.4, 0.5) is 23.7 Å². The Labute approximate surface area is 256 Å². The Kier molecular flexibility index (Phi) is 9.90. The van der Waals surface area contributed by atoms with E-state index in [1.807, 2.05) is 6.79 Å². The van der Waals surface area contributed by atoms with Gasteiger partial charge in [-0.05, 0) is 56.4 Å². The molecular formula is C29H32F3N9O4. The van der Waals surface area contributed by atoms with Crippen LogP contribution in [0.3, 0.4) is 0 Å². The van der Waals surface area contributed by atoms with Crippen molar-refractivity contribution in [1.82, 2.24) is 34.9 Å². The van der Waals surface area contributed by atoms with Crippen molar-refractivity contribution in [2.24, 2.45) is 7.05 Å². The van der Waals surface area contributed by atoms with E-state index in [2.05, 4.69) is 26.0 Å². The number of nitrogens with one attached hydrogen (secondary N) is 3. The standard InChI is InChI=1S/C28H30F3N9O3.CH2O/c1-16-11-17(5-6-20(16)25(41)35-18-12-19(13-18)36-27(43)39-8-3-4-9-39)34-26(42)24-33-14-22(38(24)2)21-15-40(10-7-32)37-23(21)28(29,30)31;1-2/h5-6,11,14-15,18-19H,3-4,8-10,12-13H2,1-2H3,(H,34,42)(H,35,41)(H,36,43);1H2. The van der Waals surface area contributed by atoms with Crippen LogP contribution in [0.5, 0.6) is 0 Å². The lowest BCUT2D eigenvalue weighted by Crippen LogP contribution is -2.55. The highest BCUT2D eigenvalue weighted by molar-refractivity contribution is 6.03. The monoisotopic (exact) mass is 627 g/mol. The maximum atomic E-state index is 13.6. The number of nitriles is 1. The number of amides is 4. The number of urea groups is 1. The number of imidazole rings is 1. The summed E-state index contributed by atoms with van der Waals surface area (Å²) in [5.74, 6) is -1.08. The summed E-state index contributed by atoms with van der Waals surface area (Å²) in [6.45, 7) is 4.90. The number of anilines is 1. The van der Waals surface area contributed by atoms with Gasteiger partial charge in [-0.25, -0.2) is 9.78 Å². The second-order valence-corrected chi connectivity index (χ2v) is 10.7. The van der Waals surface area contributed by atoms with E-state index < -0.39 is 17.8 Å². The number of nitrogens with zero attached hydrogens (tertiary/aromatic N) is 6. The lowest BCUT2D eigenvalue weighted by atomic mass is 9.86. The zero-order valence-corrected chi connectivity index (χ0v) is 24.6. The fourth-order valence-corrected chi connectivity index (χ4v) is 5.33. The van der Waals surface area contributed by atoms with Crippen molar-refractivity contribution in [3.8, 4) is 17.3 Å². The second kappa shape index (κ2) is 13.6. The number of halogens is 3. The van der Waals surface area contributed by atoms with Crippen molar-refractivity contribution in [2.75, 3.05) is 18.4 Å². The van der Waals surface area contributed by atoms with Crippen LogP contribution in [0.1, 0.15) is 57.9 Å². The van der Waals surface area contributed by atoms with E-state index in [9.17, 15) is 27.6 Å². The maximum absolute atomic E-state index is 13.6. The van der Waals surface area contributed by atoms with E-state index in [0.29, 0.717) is 29.7 Å². The summed E-state index contributed by atoms with van der Waals surface area (Å²) >= 11 is 0. The Morgan fingerprint density at radius 1 is 1.09 bits per heavy atom. The van der Waals surface area contributed by atoms with Gasteiger partial charge in [0, 0.05) is 49.7 Å². The highest BCUT2D eigenvalue weighted by atomic mass is 19.4. The molecule has 1 saturated carbocycles. The summed E-state index contributed by atoms with van der Waals surface area (Å²) in [7, 11) is 1.40. The molecule has 2 aromatic heterocycles. The molecule has 0 spiro atoms. The highest BCUT2D eigenvalue weighted by Gasteiger charge is 2.39. The van der Waals surface area contributed by atoms with Gasteiger partial charge in [-0.15, -0.1) is 0 Å². The molecule has 3 N–H and O–H groups in total. The number of hydrogen-bond acceptors (Lipinski definition) is 7. The lowest BCUT2D eigenvalue weighted by Gasteiger charge is -2.37. The van der Waals surface area contributed by atoms with Gasteiger partial charge >= 0.3 is 12.2 Å². The van der Waals surface area contributed by atoms with Crippen LogP contribution < -0.4 is 16.0 Å². The molecule has 3 heterocycles. The molecule has 45 heavy (non-hydrogen) atoms. The largest absolute Gasteiger partial charge is 0.435 e. The average molecular weight is 628 g/mol. The number of hydrogen-bond donors (Lipinski definition) is 3. The third kappa shape index (κ3) is 7.31. The van der Waals surface area contributed by atoms with Gasteiger partial charge in [0.05, 0.1) is 23.5 Å². The molecule has 1 saturated heterocycles. The number of alkyl halides is 3. The number of benzene rings is 1. The normalized spacial score (nSPS) is 17.4. The number of rotatable bonds is 7. The zero-order chi connectivity index (χ0) is 32.9. The number of aromatic nitrogens is 4. The predicted octanol–water partition coefficient (Wildman–Crippen LogP) is 3.27. The van der Waals surface area contributed by atoms with Gasteiger partial charge in [-0.3, -0.25) is 14.3 Å². The summed E-state index contributed by atoms with van der Waals surface area (Å²) < 4.78 is 42.9. The molecule has 4 amide bonds. The summed E-state index contributed by atoms with van der Waals surface area (Å²) in [5.41, 5.74) is -0.0978. The average Bonchev–Trinajstić information content (AvgIpc) is 3.73. The van der Waals surface area contributed by atoms with Crippen LogP contribution in [0, 0.1) is 18.3 Å². The van der Waals surface area contributed by atoms with Crippen molar-refractivity contribution in [3.05, 3.63) is 53.2 Å². The molecule has 238 valence electrons. The van der Waals surface area contributed by atoms with Gasteiger partial charge in [0.15, 0.2) is 11.5 Å². The molecule has 5 rings (SSSR count). The summed E-state index contributed by atoms with van der Waals surface area (Å²) in [6, 6.07) is 6.40. The third-order valence-corrected chi connectivity index (χ3v) is 7.65. The van der Waals surface area contributed by atoms with E-state index in [1.54, 1.807) is 36.1 Å². The van der Waals surface area contributed by atoms with E-state index in [1.165, 1.54) is 11.6 Å². The van der Waals surface area contributed by atoms with Crippen LogP contribution in [0.15, 0.2) is 30.6 Å². The van der Waals surface area contributed by atoms with E-state index >= 15 is 0 Å². The summed E-state index contributed by atoms with van der Waals surface area (Å²) in [5, 5.41) is 21.0. The quantitative estimate of drug-likeness (QED) is 0.361. The molecule has 0 atom stereocenters. The summed E-state index contributed by atoms with van der Waals surface area (Å²) in [6.07, 6.45) is 0.782. The molecule has 1 aliphatic carbocycles. The molecule has 0 radical (unpaired) electrons. The van der Waals surface area contributed by atoms with E-state index in [0.717, 1.165) is 43.0 Å². The molecule has 1 aliphatic heterocycles. The van der Waals surface area contributed by atoms with Crippen LogP contribution >= 0.6 is 0 Å². The van der Waals surface area contributed by atoms with Crippen LogP contribution in [0.2, 0.25) is 0 Å². The Morgan fingerprint density at radius 2 is 1.76 bits per heavy atom. The number of carbonyl (C=O) groups is 4. The molecular weight excluding hydrogens is 595 g/mol. The molecule has 2 fully saturated rings. The van der Waals surface area contributed by atoms with Crippen molar-refractivity contribution in [1.29, 1.82) is 5.26 Å². The molecule has 2 aliphatic rings. The smallest absolute Gasteiger partial charge is 0.349 e. The molecule has 3 aromatic rings. The SMILES string of the molecule is C=O.Cc1cc(NC(=O)c2ncc(-c3cn(CC#N)nc3C(F)(F)F)n2C)ccc1C(=O)NC1CC(NC(=O)N2CCCC2)C1. The first-order valence-corrected chi connectivity index (χ1v) is 14.1. The fraction of sp³-hybridized carbons (Fsp3) is 0.414. The first-order valence-electron chi connectivity index (χ1n) is 14.1. The van der Waals surface area contributed by atoms with Gasteiger partial charge in [0.2, 0.25) is 0 Å². The van der Waals surface area contributed by atoms with Crippen LogP contribution in [-0.4, -0.2) is 74.0 Å². The minimum atomic E-state index is -4.78. The fourth-order valence-electron chi connectivity index (χ4n) is 5.33. The van der Waals surface area contributed by atoms with Crippen LogP contribution in [0.25, 0.3) is 11.3 Å². The first kappa shape index (κ1) is 32.7. The van der Waals surface area contributed by atoms with Crippen molar-refractivity contribution in [2.45, 2.75) is 57.4 Å². The van der Waals surface area contributed by atoms with Crippen molar-refractivity contribution in [3.63, 3.8) is 0 Å². The van der Waals surface area contributed by atoms with Crippen molar-refractivity contribution < 1.29 is 32.3 Å².